The summed E-state index contributed by atoms with van der Waals surface area (Å²) in [7, 11) is 0. The van der Waals surface area contributed by atoms with Gasteiger partial charge in [0, 0.05) is 22.4 Å². The lowest BCUT2D eigenvalue weighted by molar-refractivity contribution is 0.798. The van der Waals surface area contributed by atoms with Crippen LogP contribution < -0.4 is 11.1 Å². The molecule has 0 bridgehead atoms. The van der Waals surface area contributed by atoms with Crippen LogP contribution in [0, 0.1) is 0 Å². The zero-order valence-electron chi connectivity index (χ0n) is 13.9. The van der Waals surface area contributed by atoms with Gasteiger partial charge < -0.3 is 11.1 Å². The minimum atomic E-state index is 0.150. The van der Waals surface area contributed by atoms with Crippen molar-refractivity contribution in [2.45, 2.75) is 43.5 Å². The molecule has 0 atom stereocenters. The highest BCUT2D eigenvalue weighted by Gasteiger charge is 2.13. The Balaban J connectivity index is 1.82. The smallest absolute Gasteiger partial charge is 0.188 e. The molecule has 2 aromatic rings. The monoisotopic (exact) mass is 348 g/mol. The molecule has 0 aromatic carbocycles. The molecule has 0 radical (unpaired) electrons. The van der Waals surface area contributed by atoms with E-state index < -0.39 is 0 Å². The van der Waals surface area contributed by atoms with Crippen molar-refractivity contribution in [3.8, 4) is 0 Å². The third kappa shape index (κ3) is 7.05. The molecule has 0 saturated heterocycles. The molecule has 0 spiro atoms. The number of hydrogen-bond acceptors (Lipinski definition) is 4. The first-order valence-corrected chi connectivity index (χ1v) is 9.32. The summed E-state index contributed by atoms with van der Waals surface area (Å²) >= 11 is 3.52. The maximum absolute atomic E-state index is 5.92. The Morgan fingerprint density at radius 2 is 2.22 bits per heavy atom. The van der Waals surface area contributed by atoms with Gasteiger partial charge in [-0.05, 0) is 35.6 Å². The fraction of sp³-hybridized carbons (Fsp3) is 0.412. The van der Waals surface area contributed by atoms with Crippen LogP contribution in [0.2, 0.25) is 0 Å². The molecular weight excluding hydrogens is 324 g/mol. The van der Waals surface area contributed by atoms with Crippen LogP contribution in [0.1, 0.15) is 31.2 Å². The summed E-state index contributed by atoms with van der Waals surface area (Å²) in [5.41, 5.74) is 7.04. The van der Waals surface area contributed by atoms with Gasteiger partial charge in [-0.2, -0.15) is 0 Å². The van der Waals surface area contributed by atoms with E-state index in [1.54, 1.807) is 23.1 Å². The van der Waals surface area contributed by atoms with E-state index in [1.807, 2.05) is 12.3 Å². The lowest BCUT2D eigenvalue weighted by Gasteiger charge is -2.16. The molecule has 2 rings (SSSR count). The lowest BCUT2D eigenvalue weighted by atomic mass is 10.3. The van der Waals surface area contributed by atoms with Crippen molar-refractivity contribution in [3.05, 3.63) is 46.3 Å². The van der Waals surface area contributed by atoms with Gasteiger partial charge in [-0.3, -0.25) is 0 Å². The Kier molecular flexibility index (Phi) is 6.47. The van der Waals surface area contributed by atoms with Crippen LogP contribution in [0.15, 0.2) is 45.9 Å². The summed E-state index contributed by atoms with van der Waals surface area (Å²) in [6, 6.07) is 8.26. The molecule has 6 heteroatoms. The van der Waals surface area contributed by atoms with Crippen LogP contribution in [0.4, 0.5) is 0 Å². The fourth-order valence-electron chi connectivity index (χ4n) is 1.92. The minimum Gasteiger partial charge on any atom is -0.370 e. The van der Waals surface area contributed by atoms with Gasteiger partial charge >= 0.3 is 0 Å². The van der Waals surface area contributed by atoms with Crippen LogP contribution in [0.25, 0.3) is 0 Å². The Morgan fingerprint density at radius 1 is 1.39 bits per heavy atom. The lowest BCUT2D eigenvalue weighted by Crippen LogP contribution is -2.33. The standard InChI is InChI=1S/C17H24N4S2/c1-17(2,3)23-15-11-13(6-8-19-15)12-21-16(18)20-9-7-14-5-4-10-22-14/h4-6,8,10-11H,7,9,12H2,1-3H3,(H3,18,20,21). The number of hydrogen-bond donors (Lipinski definition) is 2. The Hall–Kier alpha value is -1.53. The van der Waals surface area contributed by atoms with Crippen molar-refractivity contribution < 1.29 is 0 Å². The quantitative estimate of drug-likeness (QED) is 0.475. The van der Waals surface area contributed by atoms with Crippen molar-refractivity contribution >= 4 is 29.1 Å². The number of pyridine rings is 1. The van der Waals surface area contributed by atoms with E-state index in [0.717, 1.165) is 23.6 Å². The van der Waals surface area contributed by atoms with Crippen LogP contribution in [-0.2, 0) is 13.0 Å². The van der Waals surface area contributed by atoms with Crippen molar-refractivity contribution in [1.82, 2.24) is 10.3 Å². The van der Waals surface area contributed by atoms with E-state index in [1.165, 1.54) is 4.88 Å². The van der Waals surface area contributed by atoms with Crippen LogP contribution in [0.5, 0.6) is 0 Å². The van der Waals surface area contributed by atoms with Crippen molar-refractivity contribution in [3.63, 3.8) is 0 Å². The fourth-order valence-corrected chi connectivity index (χ4v) is 3.58. The van der Waals surface area contributed by atoms with Gasteiger partial charge in [0.15, 0.2) is 5.96 Å². The first-order chi connectivity index (χ1) is 10.9. The minimum absolute atomic E-state index is 0.150. The van der Waals surface area contributed by atoms with Crippen LogP contribution in [-0.4, -0.2) is 22.2 Å². The number of thiophene rings is 1. The topological polar surface area (TPSA) is 63.3 Å². The van der Waals surface area contributed by atoms with Gasteiger partial charge in [0.2, 0.25) is 0 Å². The van der Waals surface area contributed by atoms with E-state index in [4.69, 9.17) is 5.73 Å². The van der Waals surface area contributed by atoms with E-state index in [9.17, 15) is 0 Å². The average molecular weight is 349 g/mol. The average Bonchev–Trinajstić information content (AvgIpc) is 2.97. The predicted octanol–water partition coefficient (Wildman–Crippen LogP) is 3.68. The highest BCUT2D eigenvalue weighted by Crippen LogP contribution is 2.30. The predicted molar refractivity (Wildman–Crippen MR) is 101 cm³/mol. The van der Waals surface area contributed by atoms with Gasteiger partial charge in [-0.15, -0.1) is 23.1 Å². The molecule has 0 aliphatic heterocycles. The van der Waals surface area contributed by atoms with Crippen LogP contribution >= 0.6 is 23.1 Å². The molecule has 23 heavy (non-hydrogen) atoms. The number of guanidine groups is 1. The van der Waals surface area contributed by atoms with Gasteiger partial charge in [0.25, 0.3) is 0 Å². The maximum Gasteiger partial charge on any atom is 0.188 e. The summed E-state index contributed by atoms with van der Waals surface area (Å²) in [5.74, 6) is 0.489. The number of rotatable bonds is 6. The molecular formula is C17H24N4S2. The van der Waals surface area contributed by atoms with Crippen molar-refractivity contribution in [1.29, 1.82) is 0 Å². The third-order valence-corrected chi connectivity index (χ3v) is 4.88. The van der Waals surface area contributed by atoms with E-state index in [2.05, 4.69) is 59.6 Å². The number of nitrogens with one attached hydrogen (secondary N) is 1. The van der Waals surface area contributed by atoms with E-state index in [0.29, 0.717) is 12.5 Å². The second kappa shape index (κ2) is 8.36. The van der Waals surface area contributed by atoms with Crippen LogP contribution in [0.3, 0.4) is 0 Å². The number of nitrogens with zero attached hydrogens (tertiary/aromatic N) is 2. The summed E-state index contributed by atoms with van der Waals surface area (Å²) in [5, 5.41) is 6.27. The van der Waals surface area contributed by atoms with E-state index >= 15 is 0 Å². The number of nitrogens with two attached hydrogens (primary N) is 1. The molecule has 0 unspecified atom stereocenters. The van der Waals surface area contributed by atoms with E-state index in [-0.39, 0.29) is 4.75 Å². The molecule has 2 heterocycles. The Morgan fingerprint density at radius 3 is 2.91 bits per heavy atom. The summed E-state index contributed by atoms with van der Waals surface area (Å²) in [6.45, 7) is 7.91. The molecule has 0 aliphatic carbocycles. The van der Waals surface area contributed by atoms with Gasteiger partial charge in [0.05, 0.1) is 11.6 Å². The molecule has 0 saturated carbocycles. The molecule has 0 amide bonds. The summed E-state index contributed by atoms with van der Waals surface area (Å²) < 4.78 is 0.150. The molecule has 3 N–H and O–H groups in total. The third-order valence-electron chi connectivity index (χ3n) is 2.90. The number of aromatic nitrogens is 1. The van der Waals surface area contributed by atoms with Gasteiger partial charge in [-0.25, -0.2) is 9.98 Å². The molecule has 124 valence electrons. The largest absolute Gasteiger partial charge is 0.370 e. The highest BCUT2D eigenvalue weighted by molar-refractivity contribution is 8.00. The second-order valence-corrected chi connectivity index (χ2v) is 9.05. The maximum atomic E-state index is 5.92. The summed E-state index contributed by atoms with van der Waals surface area (Å²) in [4.78, 5) is 10.1. The zero-order chi connectivity index (χ0) is 16.7. The first kappa shape index (κ1) is 17.8. The zero-order valence-corrected chi connectivity index (χ0v) is 15.5. The van der Waals surface area contributed by atoms with Crippen molar-refractivity contribution in [2.24, 2.45) is 10.7 Å². The normalized spacial score (nSPS) is 12.4. The number of thioether (sulfide) groups is 1. The Labute approximate surface area is 146 Å². The number of aliphatic imine (C=N–C) groups is 1. The Bertz CT molecular complexity index is 630. The molecule has 0 fully saturated rings. The molecule has 2 aromatic heterocycles. The van der Waals surface area contributed by atoms with Crippen molar-refractivity contribution in [2.75, 3.05) is 6.54 Å². The summed E-state index contributed by atoms with van der Waals surface area (Å²) in [6.07, 6.45) is 2.80. The molecule has 4 nitrogen and oxygen atoms in total. The van der Waals surface area contributed by atoms with Gasteiger partial charge in [0.1, 0.15) is 0 Å². The highest BCUT2D eigenvalue weighted by atomic mass is 32.2. The SMILES string of the molecule is CC(C)(C)Sc1cc(CN=C(N)NCCc2cccs2)ccn1. The van der Waals surface area contributed by atoms with Gasteiger partial charge in [-0.1, -0.05) is 26.8 Å². The second-order valence-electron chi connectivity index (χ2n) is 6.17. The molecule has 0 aliphatic rings. The first-order valence-electron chi connectivity index (χ1n) is 7.62.